The molecule has 0 aliphatic rings. The molecule has 130 valence electrons. The van der Waals surface area contributed by atoms with Crippen LogP contribution in [0.15, 0.2) is 64.4 Å². The van der Waals surface area contributed by atoms with Gasteiger partial charge >= 0.3 is 0 Å². The van der Waals surface area contributed by atoms with Crippen molar-refractivity contribution in [2.75, 3.05) is 13.0 Å². The van der Waals surface area contributed by atoms with Crippen LogP contribution in [0.5, 0.6) is 5.75 Å². The lowest BCUT2D eigenvalue weighted by Gasteiger charge is -2.11. The van der Waals surface area contributed by atoms with E-state index in [2.05, 4.69) is 4.98 Å². The number of pyridine rings is 3. The maximum Gasteiger partial charge on any atom is 0.278 e. The third-order valence-corrected chi connectivity index (χ3v) is 4.38. The summed E-state index contributed by atoms with van der Waals surface area (Å²) in [4.78, 5) is 29.5. The van der Waals surface area contributed by atoms with E-state index in [0.717, 1.165) is 10.2 Å². The number of hydrogen-bond acceptors (Lipinski definition) is 5. The zero-order chi connectivity index (χ0) is 18.3. The average Bonchev–Trinajstić information content (AvgIpc) is 2.67. The van der Waals surface area contributed by atoms with Crippen molar-refractivity contribution in [1.82, 2.24) is 14.2 Å². The van der Waals surface area contributed by atoms with Crippen molar-refractivity contribution >= 4 is 21.8 Å². The first-order chi connectivity index (χ1) is 12.6. The molecule has 0 amide bonds. The summed E-state index contributed by atoms with van der Waals surface area (Å²) in [6, 6.07) is 12.5. The number of benzene rings is 1. The number of aromatic nitrogens is 3. The van der Waals surface area contributed by atoms with E-state index in [9.17, 15) is 9.59 Å². The summed E-state index contributed by atoms with van der Waals surface area (Å²) in [7, 11) is 1.59. The van der Waals surface area contributed by atoms with Crippen molar-refractivity contribution in [3.63, 3.8) is 0 Å². The van der Waals surface area contributed by atoms with Crippen LogP contribution < -0.4 is 21.7 Å². The quantitative estimate of drug-likeness (QED) is 0.447. The Morgan fingerprint density at radius 2 is 1.69 bits per heavy atom. The number of nitrogen functional groups attached to an aromatic ring is 1. The lowest BCUT2D eigenvalue weighted by molar-refractivity contribution is 0.408. The largest absolute Gasteiger partial charge is 0.496 e. The standard InChI is InChI=1S/C19H16N4O3/c1-26-17-5-3-2-4-12(17)11-22-8-6-15-13(18(22)24)10-14-16(21-15)7-9-23(20)19(14)25/h2-10H,11,20H2,1H3. The minimum absolute atomic E-state index is 0.227. The van der Waals surface area contributed by atoms with Gasteiger partial charge in [0.1, 0.15) is 5.75 Å². The number of para-hydroxylation sites is 1. The van der Waals surface area contributed by atoms with Gasteiger partial charge < -0.3 is 15.1 Å². The highest BCUT2D eigenvalue weighted by Crippen LogP contribution is 2.19. The Balaban J connectivity index is 1.91. The molecule has 0 bridgehead atoms. The summed E-state index contributed by atoms with van der Waals surface area (Å²) in [6.07, 6.45) is 3.15. The summed E-state index contributed by atoms with van der Waals surface area (Å²) < 4.78 is 7.89. The molecule has 26 heavy (non-hydrogen) atoms. The maximum atomic E-state index is 12.9. The minimum atomic E-state index is -0.392. The first-order valence-electron chi connectivity index (χ1n) is 8.01. The number of nitrogens with two attached hydrogens (primary N) is 1. The van der Waals surface area contributed by atoms with Crippen molar-refractivity contribution in [2.24, 2.45) is 0 Å². The topological polar surface area (TPSA) is 92.1 Å². The zero-order valence-electron chi connectivity index (χ0n) is 14.0. The van der Waals surface area contributed by atoms with Crippen LogP contribution >= 0.6 is 0 Å². The number of ether oxygens (including phenoxy) is 1. The molecule has 2 N–H and O–H groups in total. The van der Waals surface area contributed by atoms with Crippen LogP contribution in [0.3, 0.4) is 0 Å². The highest BCUT2D eigenvalue weighted by molar-refractivity contribution is 5.91. The van der Waals surface area contributed by atoms with Crippen LogP contribution in [0.25, 0.3) is 21.8 Å². The first kappa shape index (κ1) is 15.9. The number of rotatable bonds is 3. The Bertz CT molecular complexity index is 1260. The molecule has 0 fully saturated rings. The third kappa shape index (κ3) is 2.50. The molecule has 7 nitrogen and oxygen atoms in total. The van der Waals surface area contributed by atoms with Crippen molar-refractivity contribution in [3.05, 3.63) is 81.1 Å². The Hall–Kier alpha value is -3.61. The van der Waals surface area contributed by atoms with Crippen LogP contribution in [-0.2, 0) is 6.54 Å². The number of nitrogens with zero attached hydrogens (tertiary/aromatic N) is 3. The Morgan fingerprint density at radius 3 is 2.46 bits per heavy atom. The Morgan fingerprint density at radius 1 is 1.00 bits per heavy atom. The monoisotopic (exact) mass is 348 g/mol. The molecule has 1 aromatic carbocycles. The van der Waals surface area contributed by atoms with Crippen molar-refractivity contribution in [1.29, 1.82) is 0 Å². The van der Waals surface area contributed by atoms with Crippen molar-refractivity contribution in [3.8, 4) is 5.75 Å². The van der Waals surface area contributed by atoms with Gasteiger partial charge in [-0.05, 0) is 24.3 Å². The average molecular weight is 348 g/mol. The van der Waals surface area contributed by atoms with Gasteiger partial charge in [0.2, 0.25) is 0 Å². The van der Waals surface area contributed by atoms with Gasteiger partial charge in [-0.3, -0.25) is 9.59 Å². The summed E-state index contributed by atoms with van der Waals surface area (Å²) in [6.45, 7) is 0.354. The van der Waals surface area contributed by atoms with Crippen molar-refractivity contribution in [2.45, 2.75) is 6.54 Å². The third-order valence-electron chi connectivity index (χ3n) is 4.38. The molecule has 0 spiro atoms. The predicted molar refractivity (Wildman–Crippen MR) is 100 cm³/mol. The number of fused-ring (bicyclic) bond motifs is 2. The van der Waals surface area contributed by atoms with Gasteiger partial charge in [-0.2, -0.15) is 0 Å². The van der Waals surface area contributed by atoms with Crippen LogP contribution in [0.1, 0.15) is 5.56 Å². The molecule has 4 aromatic rings. The van der Waals surface area contributed by atoms with Gasteiger partial charge in [-0.25, -0.2) is 9.66 Å². The summed E-state index contributed by atoms with van der Waals surface area (Å²) in [5.41, 5.74) is 1.31. The van der Waals surface area contributed by atoms with Crippen LogP contribution in [0.4, 0.5) is 0 Å². The van der Waals surface area contributed by atoms with E-state index >= 15 is 0 Å². The fourth-order valence-electron chi connectivity index (χ4n) is 3.02. The minimum Gasteiger partial charge on any atom is -0.496 e. The van der Waals surface area contributed by atoms with E-state index in [-0.39, 0.29) is 5.56 Å². The highest BCUT2D eigenvalue weighted by atomic mass is 16.5. The lowest BCUT2D eigenvalue weighted by atomic mass is 10.1. The molecular weight excluding hydrogens is 332 g/mol. The van der Waals surface area contributed by atoms with E-state index in [1.165, 1.54) is 6.20 Å². The molecule has 0 atom stereocenters. The molecule has 3 heterocycles. The predicted octanol–water partition coefficient (Wildman–Crippen LogP) is 1.48. The van der Waals surface area contributed by atoms with E-state index < -0.39 is 5.56 Å². The fourth-order valence-corrected chi connectivity index (χ4v) is 3.02. The van der Waals surface area contributed by atoms with Crippen LogP contribution in [0, 0.1) is 0 Å². The summed E-state index contributed by atoms with van der Waals surface area (Å²) >= 11 is 0. The van der Waals surface area contributed by atoms with Gasteiger partial charge in [0.25, 0.3) is 11.1 Å². The highest BCUT2D eigenvalue weighted by Gasteiger charge is 2.10. The molecule has 0 radical (unpaired) electrons. The second-order valence-electron chi connectivity index (χ2n) is 5.94. The first-order valence-corrected chi connectivity index (χ1v) is 8.01. The molecule has 0 saturated carbocycles. The van der Waals surface area contributed by atoms with E-state index in [1.807, 2.05) is 24.3 Å². The van der Waals surface area contributed by atoms with E-state index in [1.54, 1.807) is 36.1 Å². The maximum absolute atomic E-state index is 12.9. The van der Waals surface area contributed by atoms with Gasteiger partial charge in [0, 0.05) is 18.0 Å². The molecule has 4 rings (SSSR count). The molecule has 7 heteroatoms. The smallest absolute Gasteiger partial charge is 0.278 e. The molecule has 3 aromatic heterocycles. The SMILES string of the molecule is COc1ccccc1Cn1ccc2nc3ccn(N)c(=O)c3cc2c1=O. The van der Waals surface area contributed by atoms with Gasteiger partial charge in [0.15, 0.2) is 0 Å². The zero-order valence-corrected chi connectivity index (χ0v) is 14.0. The van der Waals surface area contributed by atoms with Crippen LogP contribution in [0.2, 0.25) is 0 Å². The second-order valence-corrected chi connectivity index (χ2v) is 5.94. The Labute approximate surface area is 147 Å². The lowest BCUT2D eigenvalue weighted by Crippen LogP contribution is -2.27. The molecule has 0 unspecified atom stereocenters. The Kier molecular flexibility index (Phi) is 3.69. The number of hydrogen-bond donors (Lipinski definition) is 1. The normalized spacial score (nSPS) is 11.1. The summed E-state index contributed by atoms with van der Waals surface area (Å²) in [5.74, 6) is 6.32. The molecule has 0 aliphatic heterocycles. The number of methoxy groups -OCH3 is 1. The fraction of sp³-hybridized carbons (Fsp3) is 0.105. The van der Waals surface area contributed by atoms with Gasteiger partial charge in [-0.1, -0.05) is 18.2 Å². The molecular formula is C19H16N4O3. The van der Waals surface area contributed by atoms with Crippen LogP contribution in [-0.4, -0.2) is 21.3 Å². The summed E-state index contributed by atoms with van der Waals surface area (Å²) in [5, 5.41) is 0.688. The van der Waals surface area contributed by atoms with Crippen molar-refractivity contribution < 1.29 is 4.74 Å². The van der Waals surface area contributed by atoms with E-state index in [0.29, 0.717) is 34.1 Å². The van der Waals surface area contributed by atoms with E-state index in [4.69, 9.17) is 10.6 Å². The second kappa shape index (κ2) is 6.03. The van der Waals surface area contributed by atoms with Gasteiger partial charge in [-0.15, -0.1) is 0 Å². The molecule has 0 saturated heterocycles. The molecule has 0 aliphatic carbocycles. The van der Waals surface area contributed by atoms with Gasteiger partial charge in [0.05, 0.1) is 35.5 Å².